The first-order valence-corrected chi connectivity index (χ1v) is 5.18. The third-order valence-corrected chi connectivity index (χ3v) is 3.01. The van der Waals surface area contributed by atoms with Crippen LogP contribution in [0.1, 0.15) is 20.3 Å². The Hall–Kier alpha value is -0.0200. The molecule has 0 spiro atoms. The van der Waals surface area contributed by atoms with Crippen molar-refractivity contribution < 1.29 is 0 Å². The lowest BCUT2D eigenvalue weighted by Gasteiger charge is -2.25. The maximum absolute atomic E-state index is 5.21. The van der Waals surface area contributed by atoms with Crippen LogP contribution in [0, 0.1) is 0 Å². The molecular weight excluding hydrogens is 174 g/mol. The molecule has 11 heavy (non-hydrogen) atoms. The van der Waals surface area contributed by atoms with E-state index < -0.39 is 0 Å². The highest BCUT2D eigenvalue weighted by molar-refractivity contribution is 8.23. The van der Waals surface area contributed by atoms with Gasteiger partial charge in [0.05, 0.1) is 0 Å². The summed E-state index contributed by atoms with van der Waals surface area (Å²) in [6, 6.07) is 0. The van der Waals surface area contributed by atoms with E-state index in [4.69, 9.17) is 12.2 Å². The minimum absolute atomic E-state index is 0.551. The predicted molar refractivity (Wildman–Crippen MR) is 55.8 cm³/mol. The molecule has 1 rings (SSSR count). The molecule has 62 valence electrons. The molecular formula is C8H13NS2. The van der Waals surface area contributed by atoms with Crippen molar-refractivity contribution in [2.45, 2.75) is 25.5 Å². The van der Waals surface area contributed by atoms with Gasteiger partial charge >= 0.3 is 0 Å². The second kappa shape index (κ2) is 4.12. The normalized spacial score (nSPS) is 24.4. The Balaban J connectivity index is 2.54. The van der Waals surface area contributed by atoms with Crippen LogP contribution in [0.15, 0.2) is 12.3 Å². The van der Waals surface area contributed by atoms with E-state index in [2.05, 4.69) is 31.0 Å². The van der Waals surface area contributed by atoms with Crippen molar-refractivity contribution in [3.8, 4) is 0 Å². The van der Waals surface area contributed by atoms with Crippen molar-refractivity contribution in [1.82, 2.24) is 4.90 Å². The number of rotatable bonds is 2. The van der Waals surface area contributed by atoms with E-state index >= 15 is 0 Å². The van der Waals surface area contributed by atoms with E-state index in [0.29, 0.717) is 5.25 Å². The van der Waals surface area contributed by atoms with Crippen LogP contribution in [0.4, 0.5) is 0 Å². The molecule has 1 unspecified atom stereocenters. The summed E-state index contributed by atoms with van der Waals surface area (Å²) in [4.78, 5) is 2.14. The van der Waals surface area contributed by atoms with E-state index in [1.165, 1.54) is 0 Å². The fourth-order valence-corrected chi connectivity index (χ4v) is 2.32. The second-order valence-corrected chi connectivity index (χ2v) is 4.63. The third kappa shape index (κ3) is 2.49. The Bertz CT molecular complexity index is 177. The van der Waals surface area contributed by atoms with Crippen molar-refractivity contribution in [2.24, 2.45) is 0 Å². The molecule has 0 radical (unpaired) electrons. The second-order valence-electron chi connectivity index (χ2n) is 2.62. The quantitative estimate of drug-likeness (QED) is 0.612. The van der Waals surface area contributed by atoms with Crippen LogP contribution in [-0.4, -0.2) is 21.0 Å². The standard InChI is InChI=1S/C8H13NS2/c1-3-5-9-6-4-7(2)11-8(9)10/h4,6-7H,3,5H2,1-2H3. The van der Waals surface area contributed by atoms with Crippen LogP contribution in [0.2, 0.25) is 0 Å². The SMILES string of the molecule is CCCN1C=CC(C)SC1=S. The summed E-state index contributed by atoms with van der Waals surface area (Å²) < 4.78 is 1.02. The van der Waals surface area contributed by atoms with Crippen LogP contribution in [0.5, 0.6) is 0 Å². The number of hydrogen-bond donors (Lipinski definition) is 0. The summed E-state index contributed by atoms with van der Waals surface area (Å²) in [5.41, 5.74) is 0. The first-order valence-electron chi connectivity index (χ1n) is 3.89. The average Bonchev–Trinajstić information content (AvgIpc) is 1.95. The Morgan fingerprint density at radius 2 is 2.45 bits per heavy atom. The molecule has 3 heteroatoms. The molecule has 1 heterocycles. The molecule has 1 aliphatic rings. The molecule has 0 aromatic carbocycles. The zero-order valence-corrected chi connectivity index (χ0v) is 8.54. The van der Waals surface area contributed by atoms with Gasteiger partial charge in [0, 0.05) is 18.0 Å². The number of hydrogen-bond acceptors (Lipinski definition) is 2. The van der Waals surface area contributed by atoms with Gasteiger partial charge in [-0.25, -0.2) is 0 Å². The lowest BCUT2D eigenvalue weighted by atomic mass is 10.4. The van der Waals surface area contributed by atoms with Gasteiger partial charge in [-0.2, -0.15) is 0 Å². The van der Waals surface area contributed by atoms with Crippen LogP contribution < -0.4 is 0 Å². The van der Waals surface area contributed by atoms with Gasteiger partial charge in [-0.3, -0.25) is 0 Å². The molecule has 0 fully saturated rings. The monoisotopic (exact) mass is 187 g/mol. The Labute approximate surface area is 77.8 Å². The van der Waals surface area contributed by atoms with Gasteiger partial charge < -0.3 is 4.90 Å². The number of nitrogens with zero attached hydrogens (tertiary/aromatic N) is 1. The van der Waals surface area contributed by atoms with Crippen molar-refractivity contribution in [3.63, 3.8) is 0 Å². The summed E-state index contributed by atoms with van der Waals surface area (Å²) in [7, 11) is 0. The minimum Gasteiger partial charge on any atom is -0.334 e. The Morgan fingerprint density at radius 3 is 3.00 bits per heavy atom. The van der Waals surface area contributed by atoms with Gasteiger partial charge in [0.2, 0.25) is 0 Å². The van der Waals surface area contributed by atoms with E-state index in [1.807, 2.05) is 0 Å². The summed E-state index contributed by atoms with van der Waals surface area (Å²) in [6.07, 6.45) is 5.45. The first kappa shape index (κ1) is 9.07. The molecule has 0 saturated carbocycles. The van der Waals surface area contributed by atoms with Crippen molar-refractivity contribution in [1.29, 1.82) is 0 Å². The van der Waals surface area contributed by atoms with E-state index in [-0.39, 0.29) is 0 Å². The molecule has 0 aromatic heterocycles. The lowest BCUT2D eigenvalue weighted by molar-refractivity contribution is 0.561. The average molecular weight is 187 g/mol. The predicted octanol–water partition coefficient (Wildman–Crippen LogP) is 2.63. The molecule has 0 aliphatic carbocycles. The van der Waals surface area contributed by atoms with Gasteiger partial charge in [0.15, 0.2) is 0 Å². The molecule has 0 saturated heterocycles. The maximum Gasteiger partial charge on any atom is 0.140 e. The molecule has 1 aliphatic heterocycles. The van der Waals surface area contributed by atoms with Gasteiger partial charge in [-0.15, -0.1) is 0 Å². The summed E-state index contributed by atoms with van der Waals surface area (Å²) >= 11 is 6.97. The van der Waals surface area contributed by atoms with E-state index in [9.17, 15) is 0 Å². The molecule has 1 atom stereocenters. The van der Waals surface area contributed by atoms with Crippen molar-refractivity contribution >= 4 is 28.3 Å². The fraction of sp³-hybridized carbons (Fsp3) is 0.625. The Morgan fingerprint density at radius 1 is 1.73 bits per heavy atom. The lowest BCUT2D eigenvalue weighted by Crippen LogP contribution is -2.26. The van der Waals surface area contributed by atoms with Crippen LogP contribution in [0.25, 0.3) is 0 Å². The molecule has 0 amide bonds. The minimum atomic E-state index is 0.551. The molecule has 0 N–H and O–H groups in total. The third-order valence-electron chi connectivity index (χ3n) is 1.52. The summed E-state index contributed by atoms with van der Waals surface area (Å²) in [6.45, 7) is 5.38. The highest BCUT2D eigenvalue weighted by Crippen LogP contribution is 2.22. The van der Waals surface area contributed by atoms with Crippen LogP contribution >= 0.6 is 24.0 Å². The fourth-order valence-electron chi connectivity index (χ4n) is 0.959. The van der Waals surface area contributed by atoms with Crippen LogP contribution in [0.3, 0.4) is 0 Å². The van der Waals surface area contributed by atoms with Gasteiger partial charge in [-0.1, -0.05) is 37.0 Å². The van der Waals surface area contributed by atoms with Gasteiger partial charge in [0.1, 0.15) is 4.32 Å². The molecule has 1 nitrogen and oxygen atoms in total. The topological polar surface area (TPSA) is 3.24 Å². The zero-order chi connectivity index (χ0) is 8.27. The summed E-state index contributed by atoms with van der Waals surface area (Å²) in [5, 5.41) is 0.551. The zero-order valence-electron chi connectivity index (χ0n) is 6.91. The highest BCUT2D eigenvalue weighted by Gasteiger charge is 2.13. The van der Waals surface area contributed by atoms with Crippen molar-refractivity contribution in [2.75, 3.05) is 6.54 Å². The van der Waals surface area contributed by atoms with Crippen molar-refractivity contribution in [3.05, 3.63) is 12.3 Å². The van der Waals surface area contributed by atoms with Gasteiger partial charge in [-0.05, 0) is 13.3 Å². The molecule has 0 bridgehead atoms. The maximum atomic E-state index is 5.21. The molecule has 0 aromatic rings. The smallest absolute Gasteiger partial charge is 0.140 e. The van der Waals surface area contributed by atoms with Crippen LogP contribution in [-0.2, 0) is 0 Å². The highest BCUT2D eigenvalue weighted by atomic mass is 32.2. The van der Waals surface area contributed by atoms with E-state index in [1.54, 1.807) is 11.8 Å². The van der Waals surface area contributed by atoms with Gasteiger partial charge in [0.25, 0.3) is 0 Å². The number of thiocarbonyl (C=S) groups is 1. The number of thioether (sulfide) groups is 1. The largest absolute Gasteiger partial charge is 0.334 e. The van der Waals surface area contributed by atoms with E-state index in [0.717, 1.165) is 17.3 Å². The first-order chi connectivity index (χ1) is 5.24. The Kier molecular flexibility index (Phi) is 3.40. The summed E-state index contributed by atoms with van der Waals surface area (Å²) in [5.74, 6) is 0.